The highest BCUT2D eigenvalue weighted by Crippen LogP contribution is 2.44. The van der Waals surface area contributed by atoms with E-state index >= 15 is 0 Å². The Morgan fingerprint density at radius 1 is 0.875 bits per heavy atom. The van der Waals surface area contributed by atoms with Crippen LogP contribution in [0.15, 0.2) is 66.9 Å². The molecule has 0 spiro atoms. The molecule has 5 aromatic rings. The molecule has 1 fully saturated rings. The van der Waals surface area contributed by atoms with E-state index in [1.165, 1.54) is 5.56 Å². The van der Waals surface area contributed by atoms with Gasteiger partial charge in [0.15, 0.2) is 0 Å². The lowest BCUT2D eigenvalue weighted by molar-refractivity contribution is -0.137. The molecule has 3 amide bonds. The summed E-state index contributed by atoms with van der Waals surface area (Å²) in [6.07, 6.45) is 6.94. The van der Waals surface area contributed by atoms with Crippen molar-refractivity contribution in [3.8, 4) is 39.4 Å². The zero-order valence-electron chi connectivity index (χ0n) is 32.4. The number of hydrogen-bond acceptors (Lipinski definition) is 7. The molecule has 3 heterocycles. The minimum absolute atomic E-state index is 0.00366. The van der Waals surface area contributed by atoms with Crippen LogP contribution >= 0.6 is 0 Å². The molecule has 12 nitrogen and oxygen atoms in total. The number of aromatic nitrogens is 4. The largest absolute Gasteiger partial charge is 0.488 e. The molecule has 1 saturated carbocycles. The Morgan fingerprint density at radius 3 is 2.43 bits per heavy atom. The van der Waals surface area contributed by atoms with Gasteiger partial charge in [0, 0.05) is 35.8 Å². The molecule has 3 aromatic carbocycles. The van der Waals surface area contributed by atoms with Crippen LogP contribution in [0.2, 0.25) is 0 Å². The molecule has 56 heavy (non-hydrogen) atoms. The molecule has 0 bridgehead atoms. The first kappa shape index (κ1) is 37.2. The lowest BCUT2D eigenvalue weighted by atomic mass is 9.86. The number of aromatic amines is 2. The van der Waals surface area contributed by atoms with Gasteiger partial charge in [0.1, 0.15) is 30.0 Å². The van der Waals surface area contributed by atoms with Crippen LogP contribution in [0, 0.1) is 5.92 Å². The van der Waals surface area contributed by atoms with Gasteiger partial charge in [0.25, 0.3) is 0 Å². The highest BCUT2D eigenvalue weighted by atomic mass is 16.5. The molecule has 290 valence electrons. The summed E-state index contributed by atoms with van der Waals surface area (Å²) >= 11 is 0. The first-order valence-electron chi connectivity index (χ1n) is 19.9. The van der Waals surface area contributed by atoms with E-state index in [4.69, 9.17) is 9.72 Å². The number of H-pyrrole nitrogens is 2. The first-order valence-corrected chi connectivity index (χ1v) is 19.9. The fraction of sp³-hybridized carbons (Fsp3) is 0.386. The minimum atomic E-state index is -0.750. The predicted molar refractivity (Wildman–Crippen MR) is 214 cm³/mol. The Balaban J connectivity index is 0.994. The summed E-state index contributed by atoms with van der Waals surface area (Å²) in [5.74, 6) is 2.18. The van der Waals surface area contributed by atoms with Crippen LogP contribution in [-0.2, 0) is 46.9 Å². The number of hydrogen-bond donors (Lipinski definition) is 4. The van der Waals surface area contributed by atoms with Crippen LogP contribution in [0.25, 0.3) is 33.6 Å². The highest BCUT2D eigenvalue weighted by molar-refractivity contribution is 5.90. The van der Waals surface area contributed by atoms with Gasteiger partial charge in [-0.3, -0.25) is 14.4 Å². The van der Waals surface area contributed by atoms with Crippen molar-refractivity contribution in [1.29, 1.82) is 0 Å². The monoisotopic (exact) mass is 754 g/mol. The third-order valence-electron chi connectivity index (χ3n) is 10.9. The molecule has 12 heteroatoms. The Bertz CT molecular complexity index is 2240. The number of rotatable bonds is 15. The second kappa shape index (κ2) is 16.2. The zero-order chi connectivity index (χ0) is 38.8. The summed E-state index contributed by atoms with van der Waals surface area (Å²) in [5, 5.41) is 6.00. The Hall–Kier alpha value is -5.75. The number of benzene rings is 3. The molecule has 2 aliphatic carbocycles. The van der Waals surface area contributed by atoms with Crippen LogP contribution in [0.1, 0.15) is 79.6 Å². The summed E-state index contributed by atoms with van der Waals surface area (Å²) in [6, 6.07) is 19.5. The molecule has 8 rings (SSSR count). The number of likely N-dealkylation sites (N-methyl/N-ethyl adjacent to an activating group) is 1. The Kier molecular flexibility index (Phi) is 10.7. The zero-order valence-corrected chi connectivity index (χ0v) is 32.4. The third kappa shape index (κ3) is 7.70. The quantitative estimate of drug-likeness (QED) is 0.101. The van der Waals surface area contributed by atoms with E-state index in [-0.39, 0.29) is 23.6 Å². The standard InChI is InChI=1S/C44H50N8O4/c1-4-17-51(40(53)23-45-3)25-39-47-35-16-14-29-20-34-32-15-13-30(19-31(32)26-56-37(34)21-33(29)42(35)49-39)36-22-46-38(48-36)24-52(18-5-2)44(55)41(27-9-7-6-8-10-27)50-43(54)28-11-12-28/h6-10,13,15,19-22,28,41,45H,4-5,11-12,14,16-18,23-26H2,1-3H3,(H,46,48)(H,47,49)(H,50,54)/t41-/m1/s1. The number of nitrogens with one attached hydrogen (secondary N) is 4. The normalized spacial score (nSPS) is 14.4. The van der Waals surface area contributed by atoms with Gasteiger partial charge >= 0.3 is 0 Å². The van der Waals surface area contributed by atoms with Crippen molar-refractivity contribution in [2.24, 2.45) is 5.92 Å². The summed E-state index contributed by atoms with van der Waals surface area (Å²) in [7, 11) is 1.79. The number of amides is 3. The van der Waals surface area contributed by atoms with Crippen molar-refractivity contribution >= 4 is 17.7 Å². The topological polar surface area (TPSA) is 148 Å². The van der Waals surface area contributed by atoms with E-state index in [2.05, 4.69) is 62.8 Å². The van der Waals surface area contributed by atoms with Crippen LogP contribution in [0.4, 0.5) is 0 Å². The van der Waals surface area contributed by atoms with Crippen LogP contribution < -0.4 is 15.4 Å². The van der Waals surface area contributed by atoms with Gasteiger partial charge in [-0.2, -0.15) is 0 Å². The average Bonchev–Trinajstić information content (AvgIpc) is 3.83. The number of imidazole rings is 2. The predicted octanol–water partition coefficient (Wildman–Crippen LogP) is 6.09. The molecule has 1 atom stereocenters. The van der Waals surface area contributed by atoms with E-state index in [1.54, 1.807) is 11.9 Å². The van der Waals surface area contributed by atoms with E-state index in [1.807, 2.05) is 48.4 Å². The molecule has 3 aliphatic rings. The smallest absolute Gasteiger partial charge is 0.250 e. The van der Waals surface area contributed by atoms with E-state index in [9.17, 15) is 14.4 Å². The number of carbonyl (C=O) groups excluding carboxylic acids is 3. The van der Waals surface area contributed by atoms with Crippen LogP contribution in [-0.4, -0.2) is 74.1 Å². The Labute approximate surface area is 327 Å². The molecular weight excluding hydrogens is 705 g/mol. The molecule has 0 unspecified atom stereocenters. The molecule has 0 radical (unpaired) electrons. The summed E-state index contributed by atoms with van der Waals surface area (Å²) in [6.45, 7) is 6.83. The van der Waals surface area contributed by atoms with Crippen molar-refractivity contribution < 1.29 is 19.1 Å². The maximum atomic E-state index is 14.0. The third-order valence-corrected chi connectivity index (χ3v) is 10.9. The maximum Gasteiger partial charge on any atom is 0.250 e. The van der Waals surface area contributed by atoms with Crippen molar-refractivity contribution in [1.82, 2.24) is 40.4 Å². The number of ether oxygens (including phenoxy) is 1. The summed E-state index contributed by atoms with van der Waals surface area (Å²) in [5.41, 5.74) is 10.3. The van der Waals surface area contributed by atoms with Gasteiger partial charge in [-0.25, -0.2) is 9.97 Å². The van der Waals surface area contributed by atoms with Gasteiger partial charge in [-0.1, -0.05) is 56.3 Å². The number of carbonyl (C=O) groups is 3. The van der Waals surface area contributed by atoms with Crippen molar-refractivity contribution in [2.75, 3.05) is 26.7 Å². The lowest BCUT2D eigenvalue weighted by Crippen LogP contribution is -2.43. The van der Waals surface area contributed by atoms with E-state index < -0.39 is 6.04 Å². The van der Waals surface area contributed by atoms with Crippen LogP contribution in [0.3, 0.4) is 0 Å². The number of nitrogens with zero attached hydrogens (tertiary/aromatic N) is 4. The number of fused-ring (bicyclic) bond motifs is 6. The molecular formula is C44H50N8O4. The summed E-state index contributed by atoms with van der Waals surface area (Å²) < 4.78 is 6.40. The second-order valence-corrected chi connectivity index (χ2v) is 15.2. The molecule has 2 aromatic heterocycles. The van der Waals surface area contributed by atoms with Crippen molar-refractivity contribution in [3.63, 3.8) is 0 Å². The van der Waals surface area contributed by atoms with Gasteiger partial charge in [-0.15, -0.1) is 0 Å². The average molecular weight is 755 g/mol. The van der Waals surface area contributed by atoms with Gasteiger partial charge in [0.2, 0.25) is 17.7 Å². The van der Waals surface area contributed by atoms with Crippen molar-refractivity contribution in [3.05, 3.63) is 101 Å². The SMILES string of the molecule is CCCN(Cc1nc2c([nH]1)CCc1cc3c(cc1-2)OCc1cc(-c2cnc(CN(CCC)C(=O)[C@H](NC(=O)C4CC4)c4ccccc4)[nH]2)ccc1-3)C(=O)CNC. The molecule has 1 aliphatic heterocycles. The van der Waals surface area contributed by atoms with Gasteiger partial charge in [0.05, 0.1) is 37.2 Å². The molecule has 0 saturated heterocycles. The maximum absolute atomic E-state index is 14.0. The fourth-order valence-electron chi connectivity index (χ4n) is 7.92. The Morgan fingerprint density at radius 2 is 1.66 bits per heavy atom. The highest BCUT2D eigenvalue weighted by Gasteiger charge is 2.35. The lowest BCUT2D eigenvalue weighted by Gasteiger charge is -2.27. The van der Waals surface area contributed by atoms with Gasteiger partial charge in [-0.05, 0) is 91.6 Å². The summed E-state index contributed by atoms with van der Waals surface area (Å²) in [4.78, 5) is 59.9. The van der Waals surface area contributed by atoms with E-state index in [0.29, 0.717) is 45.2 Å². The minimum Gasteiger partial charge on any atom is -0.488 e. The van der Waals surface area contributed by atoms with E-state index in [0.717, 1.165) is 101 Å². The van der Waals surface area contributed by atoms with Gasteiger partial charge < -0.3 is 35.1 Å². The van der Waals surface area contributed by atoms with Crippen molar-refractivity contribution in [2.45, 2.75) is 78.1 Å². The first-order chi connectivity index (χ1) is 27.3. The van der Waals surface area contributed by atoms with Crippen LogP contribution in [0.5, 0.6) is 5.75 Å². The molecule has 4 N–H and O–H groups in total. The second-order valence-electron chi connectivity index (χ2n) is 15.2. The number of aryl methyl sites for hydroxylation is 2. The fourth-order valence-corrected chi connectivity index (χ4v) is 7.92.